The number of rotatable bonds is 6. The molecule has 4 heteroatoms. The predicted octanol–water partition coefficient (Wildman–Crippen LogP) is 3.85. The van der Waals surface area contributed by atoms with E-state index in [2.05, 4.69) is 30.4 Å². The van der Waals surface area contributed by atoms with Crippen molar-refractivity contribution in [3.63, 3.8) is 0 Å². The zero-order chi connectivity index (χ0) is 16.2. The highest BCUT2D eigenvalue weighted by molar-refractivity contribution is 5.76. The van der Waals surface area contributed by atoms with Crippen LogP contribution in [0.25, 0.3) is 0 Å². The third kappa shape index (κ3) is 4.25. The van der Waals surface area contributed by atoms with E-state index in [9.17, 15) is 4.79 Å². The number of aryl methyl sites for hydroxylation is 1. The van der Waals surface area contributed by atoms with E-state index in [0.29, 0.717) is 5.75 Å². The zero-order valence-electron chi connectivity index (χ0n) is 13.1. The molecule has 116 valence electrons. The van der Waals surface area contributed by atoms with Gasteiger partial charge in [-0.1, -0.05) is 29.8 Å². The SMILES string of the molecule is Cc1cccc(CNc2ccc(OC(C)(C)C(=O)O)cc2)c1. The average Bonchev–Trinajstić information content (AvgIpc) is 2.46. The van der Waals surface area contributed by atoms with Crippen molar-refractivity contribution in [1.82, 2.24) is 0 Å². The van der Waals surface area contributed by atoms with Gasteiger partial charge in [0.25, 0.3) is 0 Å². The van der Waals surface area contributed by atoms with Gasteiger partial charge in [0.1, 0.15) is 5.75 Å². The Morgan fingerprint density at radius 3 is 2.45 bits per heavy atom. The summed E-state index contributed by atoms with van der Waals surface area (Å²) in [5, 5.41) is 12.4. The topological polar surface area (TPSA) is 58.6 Å². The lowest BCUT2D eigenvalue weighted by molar-refractivity contribution is -0.152. The monoisotopic (exact) mass is 299 g/mol. The van der Waals surface area contributed by atoms with Crippen molar-refractivity contribution in [2.24, 2.45) is 0 Å². The fraction of sp³-hybridized carbons (Fsp3) is 0.278. The summed E-state index contributed by atoms with van der Waals surface area (Å²) in [5.74, 6) is -0.456. The Bertz CT molecular complexity index is 648. The summed E-state index contributed by atoms with van der Waals surface area (Å²) < 4.78 is 5.47. The minimum absolute atomic E-state index is 0.536. The van der Waals surface area contributed by atoms with Crippen LogP contribution >= 0.6 is 0 Å². The van der Waals surface area contributed by atoms with E-state index in [1.807, 2.05) is 18.2 Å². The quantitative estimate of drug-likeness (QED) is 0.850. The van der Waals surface area contributed by atoms with Gasteiger partial charge in [-0.25, -0.2) is 4.79 Å². The summed E-state index contributed by atoms with van der Waals surface area (Å²) in [4.78, 5) is 11.0. The minimum Gasteiger partial charge on any atom is -0.478 e. The highest BCUT2D eigenvalue weighted by atomic mass is 16.5. The molecule has 0 fully saturated rings. The zero-order valence-corrected chi connectivity index (χ0v) is 13.1. The van der Waals surface area contributed by atoms with Crippen LogP contribution in [0.5, 0.6) is 5.75 Å². The molecule has 4 nitrogen and oxygen atoms in total. The van der Waals surface area contributed by atoms with Crippen molar-refractivity contribution in [2.75, 3.05) is 5.32 Å². The van der Waals surface area contributed by atoms with Crippen LogP contribution in [0.2, 0.25) is 0 Å². The first-order valence-corrected chi connectivity index (χ1v) is 7.19. The molecule has 22 heavy (non-hydrogen) atoms. The largest absolute Gasteiger partial charge is 0.478 e. The maximum Gasteiger partial charge on any atom is 0.347 e. The van der Waals surface area contributed by atoms with Gasteiger partial charge >= 0.3 is 5.97 Å². The van der Waals surface area contributed by atoms with Crippen molar-refractivity contribution < 1.29 is 14.6 Å². The lowest BCUT2D eigenvalue weighted by Gasteiger charge is -2.21. The molecule has 0 aliphatic carbocycles. The Morgan fingerprint density at radius 1 is 1.18 bits per heavy atom. The van der Waals surface area contributed by atoms with Crippen LogP contribution in [-0.2, 0) is 11.3 Å². The molecule has 0 bridgehead atoms. The molecule has 0 unspecified atom stereocenters. The fourth-order valence-electron chi connectivity index (χ4n) is 2.01. The van der Waals surface area contributed by atoms with Crippen LogP contribution in [-0.4, -0.2) is 16.7 Å². The maximum absolute atomic E-state index is 11.0. The molecule has 0 saturated heterocycles. The third-order valence-electron chi connectivity index (χ3n) is 3.32. The highest BCUT2D eigenvalue weighted by Crippen LogP contribution is 2.21. The molecule has 0 amide bonds. The van der Waals surface area contributed by atoms with E-state index in [-0.39, 0.29) is 0 Å². The van der Waals surface area contributed by atoms with E-state index in [1.165, 1.54) is 25.0 Å². The first-order valence-electron chi connectivity index (χ1n) is 7.19. The molecule has 0 heterocycles. The van der Waals surface area contributed by atoms with Gasteiger partial charge in [0.2, 0.25) is 0 Å². The second-order valence-corrected chi connectivity index (χ2v) is 5.78. The number of hydrogen-bond acceptors (Lipinski definition) is 3. The number of ether oxygens (including phenoxy) is 1. The molecule has 0 spiro atoms. The predicted molar refractivity (Wildman–Crippen MR) is 87.3 cm³/mol. The standard InChI is InChI=1S/C18H21NO3/c1-13-5-4-6-14(11-13)12-19-15-7-9-16(10-8-15)22-18(2,3)17(20)21/h4-11,19H,12H2,1-3H3,(H,20,21). The summed E-state index contributed by atoms with van der Waals surface area (Å²) in [7, 11) is 0. The second-order valence-electron chi connectivity index (χ2n) is 5.78. The Labute approximate surface area is 130 Å². The van der Waals surface area contributed by atoms with Gasteiger partial charge in [0.05, 0.1) is 0 Å². The Morgan fingerprint density at radius 2 is 1.86 bits per heavy atom. The number of hydrogen-bond donors (Lipinski definition) is 2. The molecule has 2 N–H and O–H groups in total. The van der Waals surface area contributed by atoms with Gasteiger partial charge in [-0.05, 0) is 50.6 Å². The smallest absolute Gasteiger partial charge is 0.347 e. The molecule has 2 rings (SSSR count). The van der Waals surface area contributed by atoms with Crippen molar-refractivity contribution in [1.29, 1.82) is 0 Å². The van der Waals surface area contributed by atoms with E-state index >= 15 is 0 Å². The van der Waals surface area contributed by atoms with Gasteiger partial charge < -0.3 is 15.2 Å². The molecule has 0 atom stereocenters. The number of anilines is 1. The Hall–Kier alpha value is -2.49. The van der Waals surface area contributed by atoms with Crippen molar-refractivity contribution in [3.8, 4) is 5.75 Å². The van der Waals surface area contributed by atoms with E-state index in [0.717, 1.165) is 12.2 Å². The lowest BCUT2D eigenvalue weighted by atomic mass is 10.1. The van der Waals surface area contributed by atoms with Gasteiger partial charge in [-0.2, -0.15) is 0 Å². The number of carboxylic acids is 1. The van der Waals surface area contributed by atoms with Crippen LogP contribution in [0.4, 0.5) is 5.69 Å². The van der Waals surface area contributed by atoms with Crippen LogP contribution in [0.3, 0.4) is 0 Å². The molecule has 0 saturated carbocycles. The summed E-state index contributed by atoms with van der Waals surface area (Å²) in [6.45, 7) is 5.86. The van der Waals surface area contributed by atoms with Gasteiger partial charge in [0.15, 0.2) is 5.60 Å². The molecule has 0 aliphatic rings. The van der Waals surface area contributed by atoms with Crippen molar-refractivity contribution >= 4 is 11.7 Å². The second kappa shape index (κ2) is 6.52. The maximum atomic E-state index is 11.0. The first-order chi connectivity index (χ1) is 10.4. The third-order valence-corrected chi connectivity index (χ3v) is 3.32. The number of nitrogens with one attached hydrogen (secondary N) is 1. The number of carboxylic acid groups (broad SMARTS) is 1. The average molecular weight is 299 g/mol. The fourth-order valence-corrected chi connectivity index (χ4v) is 2.01. The highest BCUT2D eigenvalue weighted by Gasteiger charge is 2.29. The summed E-state index contributed by atoms with van der Waals surface area (Å²) in [5.41, 5.74) is 2.17. The molecule has 0 aromatic heterocycles. The molecule has 0 aliphatic heterocycles. The lowest BCUT2D eigenvalue weighted by Crippen LogP contribution is -2.37. The van der Waals surface area contributed by atoms with Gasteiger partial charge in [-0.15, -0.1) is 0 Å². The van der Waals surface area contributed by atoms with E-state index in [4.69, 9.17) is 9.84 Å². The summed E-state index contributed by atoms with van der Waals surface area (Å²) in [6.07, 6.45) is 0. The normalized spacial score (nSPS) is 11.0. The molecule has 2 aromatic carbocycles. The van der Waals surface area contributed by atoms with E-state index in [1.54, 1.807) is 12.1 Å². The Balaban J connectivity index is 1.96. The summed E-state index contributed by atoms with van der Waals surface area (Å²) in [6, 6.07) is 15.6. The van der Waals surface area contributed by atoms with Gasteiger partial charge in [0, 0.05) is 12.2 Å². The molecular weight excluding hydrogens is 278 g/mol. The first kappa shape index (κ1) is 15.9. The van der Waals surface area contributed by atoms with Crippen LogP contribution < -0.4 is 10.1 Å². The van der Waals surface area contributed by atoms with Crippen LogP contribution in [0, 0.1) is 6.92 Å². The summed E-state index contributed by atoms with van der Waals surface area (Å²) >= 11 is 0. The van der Waals surface area contributed by atoms with Crippen molar-refractivity contribution in [2.45, 2.75) is 32.9 Å². The van der Waals surface area contributed by atoms with Gasteiger partial charge in [-0.3, -0.25) is 0 Å². The number of carbonyl (C=O) groups is 1. The molecular formula is C18H21NO3. The molecule has 0 radical (unpaired) electrons. The number of aliphatic carboxylic acids is 1. The van der Waals surface area contributed by atoms with Crippen LogP contribution in [0.15, 0.2) is 48.5 Å². The number of benzene rings is 2. The molecule has 2 aromatic rings. The Kier molecular flexibility index (Phi) is 4.71. The minimum atomic E-state index is -1.24. The van der Waals surface area contributed by atoms with E-state index < -0.39 is 11.6 Å². The van der Waals surface area contributed by atoms with Crippen molar-refractivity contribution in [3.05, 3.63) is 59.7 Å². The van der Waals surface area contributed by atoms with Crippen LogP contribution in [0.1, 0.15) is 25.0 Å².